The average Bonchev–Trinajstić information content (AvgIpc) is 2.64. The van der Waals surface area contributed by atoms with Gasteiger partial charge in [-0.3, -0.25) is 9.69 Å². The van der Waals surface area contributed by atoms with Crippen LogP contribution in [0.2, 0.25) is 0 Å². The van der Waals surface area contributed by atoms with Crippen LogP contribution >= 0.6 is 0 Å². The van der Waals surface area contributed by atoms with Crippen molar-refractivity contribution in [2.45, 2.75) is 12.5 Å². The van der Waals surface area contributed by atoms with Gasteiger partial charge in [-0.2, -0.15) is 0 Å². The van der Waals surface area contributed by atoms with E-state index in [1.54, 1.807) is 24.1 Å². The Bertz CT molecular complexity index is 691. The molecule has 0 aromatic heterocycles. The fraction of sp³-hybridized carbons (Fsp3) is 0.350. The Morgan fingerprint density at radius 2 is 1.92 bits per heavy atom. The molecule has 0 bridgehead atoms. The van der Waals surface area contributed by atoms with E-state index >= 15 is 0 Å². The molecule has 0 N–H and O–H groups in total. The number of rotatable bonds is 5. The Morgan fingerprint density at radius 1 is 1.20 bits per heavy atom. The second kappa shape index (κ2) is 8.23. The Labute approximate surface area is 147 Å². The lowest BCUT2D eigenvalue weighted by molar-refractivity contribution is -0.121. The molecule has 0 radical (unpaired) electrons. The van der Waals surface area contributed by atoms with Gasteiger partial charge in [0.2, 0.25) is 5.91 Å². The fourth-order valence-electron chi connectivity index (χ4n) is 3.02. The van der Waals surface area contributed by atoms with Gasteiger partial charge in [0.25, 0.3) is 0 Å². The molecule has 1 fully saturated rings. The maximum atomic E-state index is 13.0. The van der Waals surface area contributed by atoms with E-state index in [0.717, 1.165) is 24.2 Å². The molecule has 0 spiro atoms. The number of nitrogens with zero attached hydrogens (tertiary/aromatic N) is 2. The zero-order valence-corrected chi connectivity index (χ0v) is 14.4. The van der Waals surface area contributed by atoms with Gasteiger partial charge < -0.3 is 9.64 Å². The van der Waals surface area contributed by atoms with Gasteiger partial charge in [-0.15, -0.1) is 0 Å². The molecule has 3 rings (SSSR count). The zero-order valence-electron chi connectivity index (χ0n) is 14.4. The summed E-state index contributed by atoms with van der Waals surface area (Å²) >= 11 is 0. The minimum Gasteiger partial charge on any atom is -0.375 e. The minimum atomic E-state index is -0.232. The first-order valence-electron chi connectivity index (χ1n) is 8.52. The highest BCUT2D eigenvalue weighted by Crippen LogP contribution is 2.15. The summed E-state index contributed by atoms with van der Waals surface area (Å²) in [6.45, 7) is 2.42. The molecule has 0 saturated carbocycles. The van der Waals surface area contributed by atoms with Crippen molar-refractivity contribution < 1.29 is 13.9 Å². The number of amides is 1. The molecule has 1 aliphatic heterocycles. The first-order valence-corrected chi connectivity index (χ1v) is 8.52. The molecular weight excluding hydrogens is 319 g/mol. The van der Waals surface area contributed by atoms with E-state index in [2.05, 4.69) is 4.90 Å². The van der Waals surface area contributed by atoms with Crippen LogP contribution in [0.4, 0.5) is 10.1 Å². The van der Waals surface area contributed by atoms with Gasteiger partial charge in [0.05, 0.1) is 19.3 Å². The van der Waals surface area contributed by atoms with Crippen molar-refractivity contribution in [1.82, 2.24) is 4.90 Å². The summed E-state index contributed by atoms with van der Waals surface area (Å²) in [7, 11) is 1.80. The van der Waals surface area contributed by atoms with E-state index in [4.69, 9.17) is 4.74 Å². The topological polar surface area (TPSA) is 32.8 Å². The third kappa shape index (κ3) is 4.87. The number of halogens is 1. The van der Waals surface area contributed by atoms with E-state index in [0.29, 0.717) is 19.7 Å². The lowest BCUT2D eigenvalue weighted by Gasteiger charge is -2.33. The summed E-state index contributed by atoms with van der Waals surface area (Å²) in [5, 5.41) is 0. The number of hydrogen-bond acceptors (Lipinski definition) is 3. The highest BCUT2D eigenvalue weighted by Gasteiger charge is 2.23. The maximum Gasteiger partial charge on any atom is 0.240 e. The monoisotopic (exact) mass is 342 g/mol. The van der Waals surface area contributed by atoms with Gasteiger partial charge in [-0.1, -0.05) is 30.3 Å². The third-order valence-corrected chi connectivity index (χ3v) is 4.48. The summed E-state index contributed by atoms with van der Waals surface area (Å²) in [5.74, 6) is -0.168. The van der Waals surface area contributed by atoms with Crippen LogP contribution in [-0.2, 0) is 16.0 Å². The number of likely N-dealkylation sites (N-methyl/N-ethyl adjacent to an activating group) is 1. The number of para-hydroxylation sites is 1. The van der Waals surface area contributed by atoms with Gasteiger partial charge in [0.15, 0.2) is 0 Å². The highest BCUT2D eigenvalue weighted by molar-refractivity contribution is 5.94. The molecule has 1 heterocycles. The second-order valence-corrected chi connectivity index (χ2v) is 6.35. The zero-order chi connectivity index (χ0) is 17.6. The van der Waals surface area contributed by atoms with Gasteiger partial charge in [-0.25, -0.2) is 4.39 Å². The summed E-state index contributed by atoms with van der Waals surface area (Å²) in [4.78, 5) is 16.3. The number of benzene rings is 2. The van der Waals surface area contributed by atoms with E-state index in [-0.39, 0.29) is 17.8 Å². The minimum absolute atomic E-state index is 0.0223. The predicted molar refractivity (Wildman–Crippen MR) is 96.1 cm³/mol. The van der Waals surface area contributed by atoms with Gasteiger partial charge in [-0.05, 0) is 36.2 Å². The predicted octanol–water partition coefficient (Wildman–Crippen LogP) is 2.73. The quantitative estimate of drug-likeness (QED) is 0.838. The van der Waals surface area contributed by atoms with Gasteiger partial charge in [0, 0.05) is 25.8 Å². The van der Waals surface area contributed by atoms with Crippen LogP contribution < -0.4 is 4.90 Å². The first kappa shape index (κ1) is 17.6. The third-order valence-electron chi connectivity index (χ3n) is 4.48. The van der Waals surface area contributed by atoms with E-state index in [1.165, 1.54) is 12.1 Å². The fourth-order valence-corrected chi connectivity index (χ4v) is 3.02. The number of carbonyl (C=O) groups is 1. The molecule has 132 valence electrons. The normalized spacial score (nSPS) is 18.1. The molecule has 2 aromatic rings. The average molecular weight is 342 g/mol. The maximum absolute atomic E-state index is 13.0. The van der Waals surface area contributed by atoms with Crippen LogP contribution in [0.15, 0.2) is 54.6 Å². The van der Waals surface area contributed by atoms with Crippen molar-refractivity contribution in [3.8, 4) is 0 Å². The van der Waals surface area contributed by atoms with Crippen LogP contribution in [0.3, 0.4) is 0 Å². The van der Waals surface area contributed by atoms with Crippen molar-refractivity contribution in [1.29, 1.82) is 0 Å². The Morgan fingerprint density at radius 3 is 2.64 bits per heavy atom. The Balaban J connectivity index is 1.54. The molecule has 2 aromatic carbocycles. The summed E-state index contributed by atoms with van der Waals surface area (Å²) in [5.41, 5.74) is 1.93. The van der Waals surface area contributed by atoms with E-state index < -0.39 is 0 Å². The first-order chi connectivity index (χ1) is 12.1. The summed E-state index contributed by atoms with van der Waals surface area (Å²) in [6, 6.07) is 16.1. The number of ether oxygens (including phenoxy) is 1. The van der Waals surface area contributed by atoms with Gasteiger partial charge in [0.1, 0.15) is 5.82 Å². The SMILES string of the molecule is CN(C(=O)CN1CCO[C@H](Cc2ccc(F)cc2)C1)c1ccccc1. The lowest BCUT2D eigenvalue weighted by Crippen LogP contribution is -2.47. The Kier molecular flexibility index (Phi) is 5.79. The Hall–Kier alpha value is -2.24. The van der Waals surface area contributed by atoms with Crippen molar-refractivity contribution in [2.24, 2.45) is 0 Å². The summed E-state index contributed by atoms with van der Waals surface area (Å²) in [6.07, 6.45) is 0.744. The largest absolute Gasteiger partial charge is 0.375 e. The standard InChI is InChI=1S/C20H23FN2O2/c1-22(18-5-3-2-4-6-18)20(24)15-23-11-12-25-19(14-23)13-16-7-9-17(21)10-8-16/h2-10,19H,11-15H2,1H3/t19-/m1/s1. The number of anilines is 1. The van der Waals surface area contributed by atoms with Crippen molar-refractivity contribution in [2.75, 3.05) is 38.2 Å². The molecule has 1 atom stereocenters. The number of morpholine rings is 1. The molecule has 0 aliphatic carbocycles. The van der Waals surface area contributed by atoms with E-state index in [1.807, 2.05) is 30.3 Å². The van der Waals surface area contributed by atoms with Crippen molar-refractivity contribution in [3.63, 3.8) is 0 Å². The van der Waals surface area contributed by atoms with Crippen LogP contribution in [-0.4, -0.2) is 50.2 Å². The smallest absolute Gasteiger partial charge is 0.240 e. The van der Waals surface area contributed by atoms with Crippen molar-refractivity contribution >= 4 is 11.6 Å². The van der Waals surface area contributed by atoms with Crippen LogP contribution in [0.5, 0.6) is 0 Å². The molecular formula is C20H23FN2O2. The molecule has 25 heavy (non-hydrogen) atoms. The summed E-state index contributed by atoms with van der Waals surface area (Å²) < 4.78 is 18.8. The van der Waals surface area contributed by atoms with Crippen molar-refractivity contribution in [3.05, 3.63) is 66.0 Å². The highest BCUT2D eigenvalue weighted by atomic mass is 19.1. The number of hydrogen-bond donors (Lipinski definition) is 0. The molecule has 4 nitrogen and oxygen atoms in total. The second-order valence-electron chi connectivity index (χ2n) is 6.35. The molecule has 1 amide bonds. The lowest BCUT2D eigenvalue weighted by atomic mass is 10.1. The van der Waals surface area contributed by atoms with Gasteiger partial charge >= 0.3 is 0 Å². The van der Waals surface area contributed by atoms with Crippen LogP contribution in [0.25, 0.3) is 0 Å². The van der Waals surface area contributed by atoms with Crippen LogP contribution in [0.1, 0.15) is 5.56 Å². The molecule has 0 unspecified atom stereocenters. The molecule has 1 aliphatic rings. The number of carbonyl (C=O) groups excluding carboxylic acids is 1. The van der Waals surface area contributed by atoms with Crippen LogP contribution in [0, 0.1) is 5.82 Å². The molecule has 1 saturated heterocycles. The van der Waals surface area contributed by atoms with E-state index in [9.17, 15) is 9.18 Å². The molecule has 5 heteroatoms.